The molecule has 0 aliphatic rings. The molecule has 0 unspecified atom stereocenters. The second-order valence-electron chi connectivity index (χ2n) is 4.62. The predicted molar refractivity (Wildman–Crippen MR) is 86.3 cm³/mol. The van der Waals surface area contributed by atoms with E-state index in [1.54, 1.807) is 18.2 Å². The summed E-state index contributed by atoms with van der Waals surface area (Å²) in [6.45, 7) is 2.50. The molecule has 0 heterocycles. The van der Waals surface area contributed by atoms with Gasteiger partial charge < -0.3 is 10.1 Å². The number of benzene rings is 2. The van der Waals surface area contributed by atoms with Gasteiger partial charge in [0, 0.05) is 22.3 Å². The Morgan fingerprint density at radius 2 is 1.95 bits per heavy atom. The molecule has 0 atom stereocenters. The molecule has 0 aliphatic heterocycles. The van der Waals surface area contributed by atoms with E-state index in [0.717, 1.165) is 16.1 Å². The average Bonchev–Trinajstić information content (AvgIpc) is 2.48. The third-order valence-corrected chi connectivity index (χ3v) is 3.75. The zero-order valence-electron chi connectivity index (χ0n) is 11.7. The van der Waals surface area contributed by atoms with Gasteiger partial charge in [0.25, 0.3) is 0 Å². The van der Waals surface area contributed by atoms with Crippen molar-refractivity contribution in [2.24, 2.45) is 0 Å². The normalized spacial score (nSPS) is 10.3. The highest BCUT2D eigenvalue weighted by molar-refractivity contribution is 6.31. The quantitative estimate of drug-likeness (QED) is 0.829. The monoisotopic (exact) mass is 323 g/mol. The van der Waals surface area contributed by atoms with Gasteiger partial charge in [-0.3, -0.25) is 0 Å². The van der Waals surface area contributed by atoms with Gasteiger partial charge in [-0.25, -0.2) is 4.79 Å². The summed E-state index contributed by atoms with van der Waals surface area (Å²) < 4.78 is 4.76. The highest BCUT2D eigenvalue weighted by Crippen LogP contribution is 2.23. The number of methoxy groups -OCH3 is 1. The number of aryl methyl sites for hydroxylation is 1. The fraction of sp³-hybridized carbons (Fsp3) is 0.188. The van der Waals surface area contributed by atoms with Gasteiger partial charge in [0.2, 0.25) is 0 Å². The lowest BCUT2D eigenvalue weighted by Crippen LogP contribution is -2.08. The molecule has 0 spiro atoms. The number of rotatable bonds is 4. The Balaban J connectivity index is 2.19. The molecule has 21 heavy (non-hydrogen) atoms. The summed E-state index contributed by atoms with van der Waals surface area (Å²) in [4.78, 5) is 11.8. The smallest absolute Gasteiger partial charge is 0.340 e. The number of ether oxygens (including phenoxy) is 1. The van der Waals surface area contributed by atoms with Crippen molar-refractivity contribution in [2.75, 3.05) is 12.4 Å². The summed E-state index contributed by atoms with van der Waals surface area (Å²) in [5.41, 5.74) is 3.13. The number of hydrogen-bond donors (Lipinski definition) is 1. The summed E-state index contributed by atoms with van der Waals surface area (Å²) >= 11 is 12.0. The van der Waals surface area contributed by atoms with Crippen molar-refractivity contribution in [1.82, 2.24) is 0 Å². The molecule has 110 valence electrons. The third kappa shape index (κ3) is 3.90. The first kappa shape index (κ1) is 15.7. The number of nitrogens with one attached hydrogen (secondary N) is 1. The van der Waals surface area contributed by atoms with Gasteiger partial charge in [-0.2, -0.15) is 0 Å². The van der Waals surface area contributed by atoms with Gasteiger partial charge in [-0.05, 0) is 42.3 Å². The van der Waals surface area contributed by atoms with Crippen LogP contribution in [0.25, 0.3) is 0 Å². The standard InChI is InChI=1S/C16H15Cl2NO2/c1-10-3-4-11(7-14(10)18)9-19-15-6-5-12(17)8-13(15)16(20)21-2/h3-8,19H,9H2,1-2H3. The molecule has 0 aromatic heterocycles. The Morgan fingerprint density at radius 1 is 1.19 bits per heavy atom. The average molecular weight is 324 g/mol. The van der Waals surface area contributed by atoms with Crippen LogP contribution in [0, 0.1) is 6.92 Å². The molecule has 2 rings (SSSR count). The topological polar surface area (TPSA) is 38.3 Å². The largest absolute Gasteiger partial charge is 0.465 e. The molecule has 0 saturated heterocycles. The van der Waals surface area contributed by atoms with Crippen LogP contribution in [-0.2, 0) is 11.3 Å². The summed E-state index contributed by atoms with van der Waals surface area (Å²) in [5, 5.41) is 4.41. The van der Waals surface area contributed by atoms with Gasteiger partial charge in [0.1, 0.15) is 0 Å². The molecule has 0 bridgehead atoms. The molecule has 2 aromatic carbocycles. The fourth-order valence-corrected chi connectivity index (χ4v) is 2.27. The van der Waals surface area contributed by atoms with Gasteiger partial charge in [-0.1, -0.05) is 35.3 Å². The minimum Gasteiger partial charge on any atom is -0.465 e. The van der Waals surface area contributed by atoms with Crippen LogP contribution in [0.3, 0.4) is 0 Å². The van der Waals surface area contributed by atoms with Crippen LogP contribution < -0.4 is 5.32 Å². The van der Waals surface area contributed by atoms with Gasteiger partial charge in [-0.15, -0.1) is 0 Å². The van der Waals surface area contributed by atoms with Gasteiger partial charge in [0.15, 0.2) is 0 Å². The van der Waals surface area contributed by atoms with E-state index in [2.05, 4.69) is 5.32 Å². The molecule has 2 aromatic rings. The Kier molecular flexibility index (Phi) is 5.10. The van der Waals surface area contributed by atoms with Gasteiger partial charge in [0.05, 0.1) is 12.7 Å². The Bertz CT molecular complexity index is 671. The first-order valence-corrected chi connectivity index (χ1v) is 7.13. The van der Waals surface area contributed by atoms with Crippen LogP contribution in [0.15, 0.2) is 36.4 Å². The Labute approximate surface area is 133 Å². The summed E-state index contributed by atoms with van der Waals surface area (Å²) in [6.07, 6.45) is 0. The molecule has 0 fully saturated rings. The van der Waals surface area contributed by atoms with Crippen molar-refractivity contribution >= 4 is 34.9 Å². The lowest BCUT2D eigenvalue weighted by molar-refractivity contribution is 0.0602. The van der Waals surface area contributed by atoms with Crippen LogP contribution in [-0.4, -0.2) is 13.1 Å². The summed E-state index contributed by atoms with van der Waals surface area (Å²) in [5.74, 6) is -0.429. The summed E-state index contributed by atoms with van der Waals surface area (Å²) in [7, 11) is 1.34. The Hall–Kier alpha value is -1.71. The van der Waals surface area contributed by atoms with Gasteiger partial charge >= 0.3 is 5.97 Å². The van der Waals surface area contributed by atoms with E-state index in [4.69, 9.17) is 27.9 Å². The van der Waals surface area contributed by atoms with Crippen LogP contribution in [0.4, 0.5) is 5.69 Å². The lowest BCUT2D eigenvalue weighted by Gasteiger charge is -2.12. The zero-order valence-corrected chi connectivity index (χ0v) is 13.3. The molecule has 5 heteroatoms. The predicted octanol–water partition coefficient (Wildman–Crippen LogP) is 4.70. The van der Waals surface area contributed by atoms with Crippen molar-refractivity contribution in [3.8, 4) is 0 Å². The molecule has 1 N–H and O–H groups in total. The van der Waals surface area contributed by atoms with Crippen molar-refractivity contribution < 1.29 is 9.53 Å². The van der Waals surface area contributed by atoms with Crippen LogP contribution in [0.1, 0.15) is 21.5 Å². The van der Waals surface area contributed by atoms with Crippen molar-refractivity contribution in [2.45, 2.75) is 13.5 Å². The Morgan fingerprint density at radius 3 is 2.62 bits per heavy atom. The maximum Gasteiger partial charge on any atom is 0.340 e. The van der Waals surface area contributed by atoms with Crippen LogP contribution in [0.2, 0.25) is 10.0 Å². The second kappa shape index (κ2) is 6.83. The molecule has 0 saturated carbocycles. The highest BCUT2D eigenvalue weighted by atomic mass is 35.5. The van der Waals surface area contributed by atoms with E-state index in [0.29, 0.717) is 22.8 Å². The maximum atomic E-state index is 11.8. The lowest BCUT2D eigenvalue weighted by atomic mass is 10.1. The molecular weight excluding hydrogens is 309 g/mol. The zero-order chi connectivity index (χ0) is 15.4. The van der Waals surface area contributed by atoms with E-state index in [1.165, 1.54) is 7.11 Å². The van der Waals surface area contributed by atoms with Crippen LogP contribution in [0.5, 0.6) is 0 Å². The van der Waals surface area contributed by atoms with E-state index in [1.807, 2.05) is 25.1 Å². The fourth-order valence-electron chi connectivity index (χ4n) is 1.89. The summed E-state index contributed by atoms with van der Waals surface area (Å²) in [6, 6.07) is 10.9. The van der Waals surface area contributed by atoms with E-state index in [-0.39, 0.29) is 0 Å². The number of carbonyl (C=O) groups excluding carboxylic acids is 1. The van der Waals surface area contributed by atoms with E-state index in [9.17, 15) is 4.79 Å². The number of carbonyl (C=O) groups is 1. The molecule has 0 radical (unpaired) electrons. The van der Waals surface area contributed by atoms with E-state index >= 15 is 0 Å². The SMILES string of the molecule is COC(=O)c1cc(Cl)ccc1NCc1ccc(C)c(Cl)c1. The molecule has 3 nitrogen and oxygen atoms in total. The van der Waals surface area contributed by atoms with Crippen molar-refractivity contribution in [1.29, 1.82) is 0 Å². The number of halogens is 2. The number of hydrogen-bond acceptors (Lipinski definition) is 3. The first-order valence-electron chi connectivity index (χ1n) is 6.38. The second-order valence-corrected chi connectivity index (χ2v) is 5.46. The highest BCUT2D eigenvalue weighted by Gasteiger charge is 2.12. The van der Waals surface area contributed by atoms with Crippen molar-refractivity contribution in [3.63, 3.8) is 0 Å². The van der Waals surface area contributed by atoms with E-state index < -0.39 is 5.97 Å². The molecular formula is C16H15Cl2NO2. The maximum absolute atomic E-state index is 11.8. The van der Waals surface area contributed by atoms with Crippen LogP contribution >= 0.6 is 23.2 Å². The number of esters is 1. The minimum atomic E-state index is -0.429. The third-order valence-electron chi connectivity index (χ3n) is 3.11. The molecule has 0 aliphatic carbocycles. The first-order chi connectivity index (χ1) is 10.0. The van der Waals surface area contributed by atoms with Crippen molar-refractivity contribution in [3.05, 3.63) is 63.1 Å². The molecule has 0 amide bonds. The minimum absolute atomic E-state index is 0.406. The number of anilines is 1.